The van der Waals surface area contributed by atoms with Gasteiger partial charge in [-0.05, 0) is 48.5 Å². The van der Waals surface area contributed by atoms with Crippen LogP contribution in [0.4, 0.5) is 9.52 Å². The zero-order valence-electron chi connectivity index (χ0n) is 13.8. The second-order valence-corrected chi connectivity index (χ2v) is 7.49. The summed E-state index contributed by atoms with van der Waals surface area (Å²) in [5.41, 5.74) is 0.612. The van der Waals surface area contributed by atoms with Gasteiger partial charge in [-0.3, -0.25) is 4.79 Å². The molecule has 4 rings (SSSR count). The maximum Gasteiger partial charge on any atom is 0.236 e. The number of carbonyl (C=O) groups excluding carboxylic acids is 1. The van der Waals surface area contributed by atoms with Crippen LogP contribution in [0.3, 0.4) is 0 Å². The minimum Gasteiger partial charge on any atom is -0.463 e. The molecule has 0 unspecified atom stereocenters. The molecule has 0 aliphatic carbocycles. The molecule has 27 heavy (non-hydrogen) atoms. The maximum absolute atomic E-state index is 12.9. The van der Waals surface area contributed by atoms with Gasteiger partial charge in [-0.15, -0.1) is 11.8 Å². The van der Waals surface area contributed by atoms with Crippen molar-refractivity contribution >= 4 is 34.1 Å². The third-order valence-electron chi connectivity index (χ3n) is 3.56. The van der Waals surface area contributed by atoms with E-state index in [4.69, 9.17) is 8.83 Å². The standard InChI is InChI=1S/C19H13FN2O3S2/c20-12-5-7-13(8-6-12)26-11-16(23)21-19-22-17(14-3-1-9-24-14)18(27-19)15-4-2-10-25-15/h1-10H,11H2,(H,21,22,23). The summed E-state index contributed by atoms with van der Waals surface area (Å²) < 4.78 is 23.9. The Balaban J connectivity index is 1.49. The van der Waals surface area contributed by atoms with Gasteiger partial charge in [0.15, 0.2) is 10.9 Å². The van der Waals surface area contributed by atoms with Gasteiger partial charge in [0.05, 0.1) is 18.3 Å². The Bertz CT molecular complexity index is 974. The van der Waals surface area contributed by atoms with E-state index in [1.165, 1.54) is 35.2 Å². The van der Waals surface area contributed by atoms with Gasteiger partial charge in [-0.25, -0.2) is 9.37 Å². The fraction of sp³-hybridized carbons (Fsp3) is 0.0526. The Morgan fingerprint density at radius 3 is 2.44 bits per heavy atom. The number of rotatable bonds is 6. The van der Waals surface area contributed by atoms with E-state index >= 15 is 0 Å². The van der Waals surface area contributed by atoms with E-state index < -0.39 is 0 Å². The number of aromatic nitrogens is 1. The number of amides is 1. The number of furan rings is 2. The third kappa shape index (κ3) is 4.12. The monoisotopic (exact) mass is 400 g/mol. The number of benzene rings is 1. The van der Waals surface area contributed by atoms with Crippen molar-refractivity contribution in [2.24, 2.45) is 0 Å². The van der Waals surface area contributed by atoms with E-state index in [2.05, 4.69) is 10.3 Å². The third-order valence-corrected chi connectivity index (χ3v) is 5.55. The topological polar surface area (TPSA) is 68.3 Å². The molecule has 1 aromatic carbocycles. The fourth-order valence-corrected chi connectivity index (χ4v) is 4.02. The molecular weight excluding hydrogens is 387 g/mol. The first-order valence-electron chi connectivity index (χ1n) is 7.96. The molecule has 0 aliphatic rings. The molecule has 0 saturated carbocycles. The summed E-state index contributed by atoms with van der Waals surface area (Å²) >= 11 is 2.64. The largest absolute Gasteiger partial charge is 0.463 e. The van der Waals surface area contributed by atoms with Crippen LogP contribution in [0.5, 0.6) is 0 Å². The average Bonchev–Trinajstić information content (AvgIpc) is 3.41. The molecule has 0 radical (unpaired) electrons. The Morgan fingerprint density at radius 1 is 1.07 bits per heavy atom. The molecule has 0 spiro atoms. The molecule has 0 fully saturated rings. The van der Waals surface area contributed by atoms with Crippen molar-refractivity contribution in [3.63, 3.8) is 0 Å². The molecule has 0 aliphatic heterocycles. The molecular formula is C19H13FN2O3S2. The molecule has 3 aromatic heterocycles. The predicted molar refractivity (Wildman–Crippen MR) is 103 cm³/mol. The molecule has 1 N–H and O–H groups in total. The van der Waals surface area contributed by atoms with Crippen LogP contribution >= 0.6 is 23.1 Å². The van der Waals surface area contributed by atoms with Crippen molar-refractivity contribution in [1.82, 2.24) is 4.98 Å². The Labute approximate surface area is 162 Å². The summed E-state index contributed by atoms with van der Waals surface area (Å²) in [7, 11) is 0. The summed E-state index contributed by atoms with van der Waals surface area (Å²) in [5, 5.41) is 3.25. The highest BCUT2D eigenvalue weighted by Crippen LogP contribution is 2.39. The van der Waals surface area contributed by atoms with Gasteiger partial charge in [-0.2, -0.15) is 0 Å². The van der Waals surface area contributed by atoms with Crippen LogP contribution in [-0.4, -0.2) is 16.6 Å². The van der Waals surface area contributed by atoms with E-state index in [9.17, 15) is 9.18 Å². The molecule has 8 heteroatoms. The van der Waals surface area contributed by atoms with Crippen molar-refractivity contribution in [2.45, 2.75) is 4.90 Å². The molecule has 5 nitrogen and oxygen atoms in total. The molecule has 0 atom stereocenters. The summed E-state index contributed by atoms with van der Waals surface area (Å²) in [6.45, 7) is 0. The quantitative estimate of drug-likeness (QED) is 0.431. The summed E-state index contributed by atoms with van der Waals surface area (Å²) in [6, 6.07) is 13.2. The van der Waals surface area contributed by atoms with Crippen LogP contribution < -0.4 is 5.32 Å². The van der Waals surface area contributed by atoms with Gasteiger partial charge in [0.1, 0.15) is 22.1 Å². The Kier molecular flexibility index (Phi) is 5.08. The van der Waals surface area contributed by atoms with Gasteiger partial charge in [0.25, 0.3) is 0 Å². The van der Waals surface area contributed by atoms with Crippen LogP contribution in [0.25, 0.3) is 22.1 Å². The number of anilines is 1. The van der Waals surface area contributed by atoms with Gasteiger partial charge in [0.2, 0.25) is 5.91 Å². The van der Waals surface area contributed by atoms with Gasteiger partial charge in [0, 0.05) is 4.90 Å². The highest BCUT2D eigenvalue weighted by Gasteiger charge is 2.19. The lowest BCUT2D eigenvalue weighted by atomic mass is 10.2. The van der Waals surface area contributed by atoms with Crippen LogP contribution in [0.15, 0.2) is 74.8 Å². The lowest BCUT2D eigenvalue weighted by Crippen LogP contribution is -2.13. The van der Waals surface area contributed by atoms with Crippen LogP contribution in [0, 0.1) is 5.82 Å². The van der Waals surface area contributed by atoms with E-state index in [0.717, 1.165) is 9.77 Å². The summed E-state index contributed by atoms with van der Waals surface area (Å²) in [6.07, 6.45) is 3.15. The minimum absolute atomic E-state index is 0.192. The van der Waals surface area contributed by atoms with Crippen molar-refractivity contribution in [3.05, 3.63) is 66.9 Å². The SMILES string of the molecule is O=C(CSc1ccc(F)cc1)Nc1nc(-c2ccco2)c(-c2ccco2)s1. The number of nitrogens with one attached hydrogen (secondary N) is 1. The van der Waals surface area contributed by atoms with Gasteiger partial charge >= 0.3 is 0 Å². The first-order valence-corrected chi connectivity index (χ1v) is 9.76. The van der Waals surface area contributed by atoms with Crippen molar-refractivity contribution in [3.8, 4) is 22.1 Å². The second-order valence-electron chi connectivity index (χ2n) is 5.44. The van der Waals surface area contributed by atoms with Crippen molar-refractivity contribution in [1.29, 1.82) is 0 Å². The number of hydrogen-bond donors (Lipinski definition) is 1. The lowest BCUT2D eigenvalue weighted by molar-refractivity contribution is -0.113. The van der Waals surface area contributed by atoms with E-state index in [1.807, 2.05) is 6.07 Å². The number of nitrogens with zero attached hydrogens (tertiary/aromatic N) is 1. The number of thioether (sulfide) groups is 1. The second kappa shape index (κ2) is 7.81. The van der Waals surface area contributed by atoms with E-state index in [-0.39, 0.29) is 17.5 Å². The Hall–Kier alpha value is -2.84. The predicted octanol–water partition coefficient (Wildman–Crippen LogP) is 5.53. The molecule has 0 saturated heterocycles. The molecule has 136 valence electrons. The van der Waals surface area contributed by atoms with E-state index in [0.29, 0.717) is 22.3 Å². The van der Waals surface area contributed by atoms with E-state index in [1.54, 1.807) is 42.9 Å². The van der Waals surface area contributed by atoms with Crippen LogP contribution in [0.1, 0.15) is 0 Å². The minimum atomic E-state index is -0.303. The van der Waals surface area contributed by atoms with Crippen LogP contribution in [-0.2, 0) is 4.79 Å². The Morgan fingerprint density at radius 2 is 1.78 bits per heavy atom. The first-order chi connectivity index (χ1) is 13.2. The highest BCUT2D eigenvalue weighted by molar-refractivity contribution is 8.00. The maximum atomic E-state index is 12.9. The fourth-order valence-electron chi connectivity index (χ4n) is 2.36. The molecule has 0 bridgehead atoms. The van der Waals surface area contributed by atoms with Gasteiger partial charge < -0.3 is 14.2 Å². The summed E-state index contributed by atoms with van der Waals surface area (Å²) in [5.74, 6) is 0.939. The number of carbonyl (C=O) groups is 1. The number of hydrogen-bond acceptors (Lipinski definition) is 6. The smallest absolute Gasteiger partial charge is 0.236 e. The molecule has 1 amide bonds. The zero-order valence-corrected chi connectivity index (χ0v) is 15.5. The zero-order chi connectivity index (χ0) is 18.6. The lowest BCUT2D eigenvalue weighted by Gasteiger charge is -2.02. The van der Waals surface area contributed by atoms with Crippen LogP contribution in [0.2, 0.25) is 0 Å². The van der Waals surface area contributed by atoms with Gasteiger partial charge in [-0.1, -0.05) is 11.3 Å². The van der Waals surface area contributed by atoms with Crippen molar-refractivity contribution in [2.75, 3.05) is 11.1 Å². The summed E-state index contributed by atoms with van der Waals surface area (Å²) in [4.78, 5) is 18.3. The highest BCUT2D eigenvalue weighted by atomic mass is 32.2. The average molecular weight is 400 g/mol. The number of halogens is 1. The van der Waals surface area contributed by atoms with Crippen molar-refractivity contribution < 1.29 is 18.0 Å². The molecule has 3 heterocycles. The first kappa shape index (κ1) is 17.6. The molecule has 4 aromatic rings. The number of thiazole rings is 1. The normalized spacial score (nSPS) is 10.9.